The predicted molar refractivity (Wildman–Crippen MR) is 89.4 cm³/mol. The predicted octanol–water partition coefficient (Wildman–Crippen LogP) is 5.59. The molecule has 2 rings (SSSR count). The van der Waals surface area contributed by atoms with E-state index in [0.717, 1.165) is 0 Å². The summed E-state index contributed by atoms with van der Waals surface area (Å²) in [5.41, 5.74) is 6.03. The van der Waals surface area contributed by atoms with Gasteiger partial charge in [0.1, 0.15) is 17.3 Å². The summed E-state index contributed by atoms with van der Waals surface area (Å²) < 4.78 is 7.08. The van der Waals surface area contributed by atoms with Crippen molar-refractivity contribution in [1.29, 1.82) is 5.41 Å². The van der Waals surface area contributed by atoms with Gasteiger partial charge in [-0.25, -0.2) is 0 Å². The number of amidine groups is 1. The lowest BCUT2D eigenvalue weighted by atomic mass is 10.2. The summed E-state index contributed by atoms with van der Waals surface area (Å²) in [5, 5.41) is 8.49. The Morgan fingerprint density at radius 2 is 1.75 bits per heavy atom. The molecule has 0 amide bonds. The van der Waals surface area contributed by atoms with Crippen molar-refractivity contribution in [3.63, 3.8) is 0 Å². The molecule has 0 saturated carbocycles. The van der Waals surface area contributed by atoms with Crippen LogP contribution in [0.2, 0.25) is 10.0 Å². The lowest BCUT2D eigenvalue weighted by Crippen LogP contribution is -2.13. The van der Waals surface area contributed by atoms with Crippen LogP contribution in [-0.2, 0) is 0 Å². The van der Waals surface area contributed by atoms with Crippen LogP contribution in [-0.4, -0.2) is 5.84 Å². The van der Waals surface area contributed by atoms with Crippen LogP contribution in [0, 0.1) is 5.41 Å². The molecule has 0 spiro atoms. The molecule has 2 aromatic carbocycles. The molecule has 104 valence electrons. The van der Waals surface area contributed by atoms with Crippen LogP contribution in [0.5, 0.6) is 11.5 Å². The van der Waals surface area contributed by atoms with Crippen molar-refractivity contribution < 1.29 is 4.74 Å². The van der Waals surface area contributed by atoms with Gasteiger partial charge in [-0.3, -0.25) is 5.41 Å². The number of nitrogens with two attached hydrogens (primary N) is 1. The van der Waals surface area contributed by atoms with Gasteiger partial charge in [0, 0.05) is 15.0 Å². The summed E-state index contributed by atoms with van der Waals surface area (Å²) >= 11 is 18.8. The first-order chi connectivity index (χ1) is 9.40. The average Bonchev–Trinajstić information content (AvgIpc) is 2.35. The molecule has 0 aliphatic rings. The standard InChI is InChI=1S/C13H8Br2Cl2N2O/c14-6-2-1-3-10(12(6)13(18)19)20-11-5-8(16)7(15)4-9(11)17/h1-5H,(H3,18,19). The van der Waals surface area contributed by atoms with E-state index in [0.29, 0.717) is 36.1 Å². The van der Waals surface area contributed by atoms with Gasteiger partial charge in [0.15, 0.2) is 0 Å². The van der Waals surface area contributed by atoms with E-state index in [-0.39, 0.29) is 5.84 Å². The van der Waals surface area contributed by atoms with Crippen molar-refractivity contribution in [1.82, 2.24) is 0 Å². The quantitative estimate of drug-likeness (QED) is 0.372. The van der Waals surface area contributed by atoms with Crippen LogP contribution >= 0.6 is 55.1 Å². The number of nitrogens with one attached hydrogen (secondary N) is 1. The molecule has 0 unspecified atom stereocenters. The molecule has 2 aromatic rings. The Labute approximate surface area is 142 Å². The van der Waals surface area contributed by atoms with Crippen LogP contribution in [0.25, 0.3) is 0 Å². The molecule has 0 heterocycles. The van der Waals surface area contributed by atoms with Gasteiger partial charge in [-0.2, -0.15) is 0 Å². The molecule has 0 atom stereocenters. The number of hydrogen-bond donors (Lipinski definition) is 2. The second-order valence-corrected chi connectivity index (χ2v) is 6.35. The molecule has 20 heavy (non-hydrogen) atoms. The fraction of sp³-hybridized carbons (Fsp3) is 0. The van der Waals surface area contributed by atoms with Crippen molar-refractivity contribution in [2.45, 2.75) is 0 Å². The Bertz CT molecular complexity index is 692. The zero-order valence-electron chi connectivity index (χ0n) is 9.88. The van der Waals surface area contributed by atoms with Gasteiger partial charge < -0.3 is 10.5 Å². The molecule has 0 aliphatic heterocycles. The molecule has 0 bridgehead atoms. The molecule has 0 saturated heterocycles. The van der Waals surface area contributed by atoms with Crippen LogP contribution in [0.15, 0.2) is 39.3 Å². The van der Waals surface area contributed by atoms with E-state index >= 15 is 0 Å². The normalized spacial score (nSPS) is 10.4. The molecule has 0 aromatic heterocycles. The van der Waals surface area contributed by atoms with Crippen LogP contribution in [0.4, 0.5) is 0 Å². The summed E-state index contributed by atoms with van der Waals surface area (Å²) in [5.74, 6) is 0.708. The maximum absolute atomic E-state index is 7.61. The van der Waals surface area contributed by atoms with Gasteiger partial charge in [-0.15, -0.1) is 0 Å². The maximum Gasteiger partial charge on any atom is 0.147 e. The molecular formula is C13H8Br2Cl2N2O. The largest absolute Gasteiger partial charge is 0.455 e. The molecular weight excluding hydrogens is 431 g/mol. The Kier molecular flexibility index (Phi) is 4.96. The third-order valence-electron chi connectivity index (χ3n) is 2.44. The Hall–Kier alpha value is -0.750. The first kappa shape index (κ1) is 15.6. The zero-order chi connectivity index (χ0) is 14.9. The Morgan fingerprint density at radius 3 is 2.40 bits per heavy atom. The number of hydrogen-bond acceptors (Lipinski definition) is 2. The summed E-state index contributed by atoms with van der Waals surface area (Å²) in [6.07, 6.45) is 0. The van der Waals surface area contributed by atoms with Gasteiger partial charge in [-0.1, -0.05) is 29.3 Å². The number of halogens is 4. The monoisotopic (exact) mass is 436 g/mol. The van der Waals surface area contributed by atoms with Gasteiger partial charge in [0.05, 0.1) is 15.6 Å². The smallest absolute Gasteiger partial charge is 0.147 e. The van der Waals surface area contributed by atoms with Crippen LogP contribution < -0.4 is 10.5 Å². The van der Waals surface area contributed by atoms with Crippen LogP contribution in [0.3, 0.4) is 0 Å². The third-order valence-corrected chi connectivity index (χ3v) is 4.59. The highest BCUT2D eigenvalue weighted by molar-refractivity contribution is 9.10. The first-order valence-corrected chi connectivity index (χ1v) is 7.69. The molecule has 3 N–H and O–H groups in total. The van der Waals surface area contributed by atoms with Crippen molar-refractivity contribution >= 4 is 60.9 Å². The Balaban J connectivity index is 2.48. The first-order valence-electron chi connectivity index (χ1n) is 5.35. The zero-order valence-corrected chi connectivity index (χ0v) is 14.6. The van der Waals surface area contributed by atoms with Crippen molar-refractivity contribution in [3.8, 4) is 11.5 Å². The second kappa shape index (κ2) is 6.35. The van der Waals surface area contributed by atoms with Gasteiger partial charge in [0.25, 0.3) is 0 Å². The highest BCUT2D eigenvalue weighted by Crippen LogP contribution is 2.38. The van der Waals surface area contributed by atoms with Gasteiger partial charge in [-0.05, 0) is 50.1 Å². The lowest BCUT2D eigenvalue weighted by Gasteiger charge is -2.13. The van der Waals surface area contributed by atoms with Crippen molar-refractivity contribution in [2.24, 2.45) is 5.73 Å². The van der Waals surface area contributed by atoms with E-state index in [1.807, 2.05) is 0 Å². The van der Waals surface area contributed by atoms with Gasteiger partial charge in [0.2, 0.25) is 0 Å². The summed E-state index contributed by atoms with van der Waals surface area (Å²) in [7, 11) is 0. The molecule has 0 fully saturated rings. The summed E-state index contributed by atoms with van der Waals surface area (Å²) in [4.78, 5) is 0. The lowest BCUT2D eigenvalue weighted by molar-refractivity contribution is 0.481. The molecule has 3 nitrogen and oxygen atoms in total. The van der Waals surface area contributed by atoms with E-state index in [9.17, 15) is 0 Å². The minimum Gasteiger partial charge on any atom is -0.455 e. The second-order valence-electron chi connectivity index (χ2n) is 3.83. The summed E-state index contributed by atoms with van der Waals surface area (Å²) in [6, 6.07) is 8.50. The number of rotatable bonds is 3. The SMILES string of the molecule is N=C(N)c1c(Br)cccc1Oc1cc(Cl)c(Br)cc1Cl. The minimum atomic E-state index is -0.105. The minimum absolute atomic E-state index is 0.105. The van der Waals surface area contributed by atoms with E-state index in [1.54, 1.807) is 30.3 Å². The van der Waals surface area contributed by atoms with Crippen LogP contribution in [0.1, 0.15) is 5.56 Å². The van der Waals surface area contributed by atoms with Crippen molar-refractivity contribution in [2.75, 3.05) is 0 Å². The topological polar surface area (TPSA) is 59.1 Å². The average molecular weight is 439 g/mol. The van der Waals surface area contributed by atoms with E-state index in [1.165, 1.54) is 0 Å². The highest BCUT2D eigenvalue weighted by Gasteiger charge is 2.14. The molecule has 0 radical (unpaired) electrons. The van der Waals surface area contributed by atoms with E-state index in [4.69, 9.17) is 39.1 Å². The molecule has 0 aliphatic carbocycles. The fourth-order valence-corrected chi connectivity index (χ4v) is 2.94. The van der Waals surface area contributed by atoms with Gasteiger partial charge >= 0.3 is 0 Å². The summed E-state index contributed by atoms with van der Waals surface area (Å²) in [6.45, 7) is 0. The molecule has 7 heteroatoms. The van der Waals surface area contributed by atoms with Crippen molar-refractivity contribution in [3.05, 3.63) is 54.9 Å². The maximum atomic E-state index is 7.61. The van der Waals surface area contributed by atoms with E-state index < -0.39 is 0 Å². The van der Waals surface area contributed by atoms with E-state index in [2.05, 4.69) is 31.9 Å². The highest BCUT2D eigenvalue weighted by atomic mass is 79.9. The number of ether oxygens (including phenoxy) is 1. The number of nitrogen functional groups attached to an aromatic ring is 1. The Morgan fingerprint density at radius 1 is 1.05 bits per heavy atom. The fourth-order valence-electron chi connectivity index (χ4n) is 1.55. The number of benzene rings is 2. The third kappa shape index (κ3) is 3.28.